The van der Waals surface area contributed by atoms with E-state index in [0.717, 1.165) is 26.3 Å². The summed E-state index contributed by atoms with van der Waals surface area (Å²) in [4.78, 5) is 4.30. The summed E-state index contributed by atoms with van der Waals surface area (Å²) >= 11 is 0. The van der Waals surface area contributed by atoms with Gasteiger partial charge in [0.2, 0.25) is 0 Å². The van der Waals surface area contributed by atoms with E-state index in [1.54, 1.807) is 0 Å². The Bertz CT molecular complexity index is 273. The van der Waals surface area contributed by atoms with E-state index in [1.807, 2.05) is 11.9 Å². The highest BCUT2D eigenvalue weighted by Gasteiger charge is 2.17. The first-order valence-corrected chi connectivity index (χ1v) is 7.47. The minimum Gasteiger partial charge on any atom is -0.379 e. The highest BCUT2D eigenvalue weighted by atomic mass is 32.2. The first-order chi connectivity index (χ1) is 7.49. The Hall–Kier alpha value is -0.170. The number of likely N-dealkylation sites (N-methyl/N-ethyl adjacent to an activating group) is 1. The molecule has 0 saturated carbocycles. The number of morpholine rings is 1. The molecular weight excluding hydrogens is 240 g/mol. The maximum absolute atomic E-state index is 10.8. The maximum atomic E-state index is 10.8. The molecule has 104 valence electrons. The molecule has 0 spiro atoms. The van der Waals surface area contributed by atoms with Gasteiger partial charge in [-0.3, -0.25) is 0 Å². The largest absolute Gasteiger partial charge is 0.379 e. The fourth-order valence-corrected chi connectivity index (χ4v) is 2.84. The molecule has 2 fully saturated rings. The molecule has 2 aliphatic heterocycles. The molecule has 2 saturated heterocycles. The average Bonchev–Trinajstić information content (AvgIpc) is 2.25. The normalized spacial score (nSPS) is 25.3. The van der Waals surface area contributed by atoms with E-state index in [9.17, 15) is 8.42 Å². The Kier molecular flexibility index (Phi) is 7.94. The van der Waals surface area contributed by atoms with E-state index in [0.29, 0.717) is 24.6 Å². The second-order valence-corrected chi connectivity index (χ2v) is 6.67. The highest BCUT2D eigenvalue weighted by Crippen LogP contribution is 1.99. The van der Waals surface area contributed by atoms with Gasteiger partial charge in [-0.05, 0) is 14.1 Å². The van der Waals surface area contributed by atoms with Crippen molar-refractivity contribution in [2.45, 2.75) is 7.43 Å². The van der Waals surface area contributed by atoms with Crippen LogP contribution in [0.15, 0.2) is 0 Å². The predicted molar refractivity (Wildman–Crippen MR) is 71.2 cm³/mol. The van der Waals surface area contributed by atoms with Gasteiger partial charge in [0.05, 0.1) is 24.7 Å². The standard InChI is InChI=1S/C5H11NO2S.C5H11NO.CH4/c1-6-2-4-9(7,8)5-3-6;1-6-2-4-7-5-3-6;/h2-5H2,1H3;2-5H2,1H3;1H4. The SMILES string of the molecule is C.CN1CCOCC1.CN1CCS(=O)(=O)CC1. The molecule has 2 rings (SSSR count). The van der Waals surface area contributed by atoms with E-state index in [1.165, 1.54) is 0 Å². The van der Waals surface area contributed by atoms with Gasteiger partial charge in [-0.1, -0.05) is 7.43 Å². The Balaban J connectivity index is 0.000000292. The predicted octanol–water partition coefficient (Wildman–Crippen LogP) is -0.0689. The van der Waals surface area contributed by atoms with Gasteiger partial charge in [0.25, 0.3) is 0 Å². The number of sulfone groups is 1. The van der Waals surface area contributed by atoms with Crippen molar-refractivity contribution in [2.75, 3.05) is 65.0 Å². The van der Waals surface area contributed by atoms with Gasteiger partial charge in [-0.25, -0.2) is 8.42 Å². The van der Waals surface area contributed by atoms with Crippen LogP contribution in [-0.2, 0) is 14.6 Å². The highest BCUT2D eigenvalue weighted by molar-refractivity contribution is 7.91. The van der Waals surface area contributed by atoms with E-state index in [4.69, 9.17) is 4.74 Å². The number of hydrogen-bond acceptors (Lipinski definition) is 5. The summed E-state index contributed by atoms with van der Waals surface area (Å²) in [5.41, 5.74) is 0. The second kappa shape index (κ2) is 8.02. The number of rotatable bonds is 0. The molecule has 0 aliphatic carbocycles. The van der Waals surface area contributed by atoms with Crippen LogP contribution in [-0.4, -0.2) is 83.2 Å². The molecule has 2 aliphatic rings. The van der Waals surface area contributed by atoms with E-state index >= 15 is 0 Å². The van der Waals surface area contributed by atoms with Crippen molar-refractivity contribution in [3.63, 3.8) is 0 Å². The quantitative estimate of drug-likeness (QED) is 0.614. The topological polar surface area (TPSA) is 49.9 Å². The third-order valence-corrected chi connectivity index (χ3v) is 4.41. The van der Waals surface area contributed by atoms with Crippen LogP contribution in [0.3, 0.4) is 0 Å². The van der Waals surface area contributed by atoms with Gasteiger partial charge in [0.1, 0.15) is 0 Å². The van der Waals surface area contributed by atoms with Crippen LogP contribution in [0.4, 0.5) is 0 Å². The molecule has 0 unspecified atom stereocenters. The number of ether oxygens (including phenoxy) is 1. The molecule has 0 atom stereocenters. The molecule has 0 N–H and O–H groups in total. The number of hydrogen-bond donors (Lipinski definition) is 0. The zero-order valence-corrected chi connectivity index (χ0v) is 11.0. The Morgan fingerprint density at radius 1 is 0.882 bits per heavy atom. The molecule has 0 amide bonds. The molecule has 0 aromatic rings. The zero-order chi connectivity index (χ0) is 12.0. The summed E-state index contributed by atoms with van der Waals surface area (Å²) in [5, 5.41) is 0. The van der Waals surface area contributed by atoms with Gasteiger partial charge in [-0.15, -0.1) is 0 Å². The van der Waals surface area contributed by atoms with Gasteiger partial charge in [-0.2, -0.15) is 0 Å². The van der Waals surface area contributed by atoms with Gasteiger partial charge in [0, 0.05) is 26.2 Å². The molecule has 2 heterocycles. The Morgan fingerprint density at radius 3 is 1.59 bits per heavy atom. The van der Waals surface area contributed by atoms with Crippen LogP contribution in [0, 0.1) is 0 Å². The molecule has 5 nitrogen and oxygen atoms in total. The number of nitrogens with zero attached hydrogens (tertiary/aromatic N) is 2. The molecule has 0 radical (unpaired) electrons. The molecule has 0 aromatic heterocycles. The third kappa shape index (κ3) is 7.70. The summed E-state index contributed by atoms with van der Waals surface area (Å²) in [6, 6.07) is 0. The van der Waals surface area contributed by atoms with Crippen molar-refractivity contribution in [1.29, 1.82) is 0 Å². The lowest BCUT2D eigenvalue weighted by atomic mass is 10.5. The molecule has 0 aromatic carbocycles. The lowest BCUT2D eigenvalue weighted by Gasteiger charge is -2.21. The van der Waals surface area contributed by atoms with Crippen molar-refractivity contribution >= 4 is 9.84 Å². The van der Waals surface area contributed by atoms with Crippen LogP contribution in [0.25, 0.3) is 0 Å². The van der Waals surface area contributed by atoms with Crippen LogP contribution >= 0.6 is 0 Å². The summed E-state index contributed by atoms with van der Waals surface area (Å²) in [6.07, 6.45) is 0. The van der Waals surface area contributed by atoms with Crippen molar-refractivity contribution in [3.05, 3.63) is 0 Å². The summed E-state index contributed by atoms with van der Waals surface area (Å²) in [5.74, 6) is 0.674. The fraction of sp³-hybridized carbons (Fsp3) is 1.00. The molecular formula is C11H26N2O3S. The lowest BCUT2D eigenvalue weighted by Crippen LogP contribution is -2.37. The monoisotopic (exact) mass is 266 g/mol. The smallest absolute Gasteiger partial charge is 0.152 e. The van der Waals surface area contributed by atoms with Gasteiger partial charge < -0.3 is 14.5 Å². The minimum absolute atomic E-state index is 0. The van der Waals surface area contributed by atoms with Gasteiger partial charge >= 0.3 is 0 Å². The Labute approximate surface area is 106 Å². The van der Waals surface area contributed by atoms with Crippen molar-refractivity contribution < 1.29 is 13.2 Å². The van der Waals surface area contributed by atoms with Crippen LogP contribution in [0.1, 0.15) is 7.43 Å². The summed E-state index contributed by atoms with van der Waals surface area (Å²) in [7, 11) is 1.40. The molecule has 0 bridgehead atoms. The lowest BCUT2D eigenvalue weighted by molar-refractivity contribution is 0.0503. The van der Waals surface area contributed by atoms with Crippen LogP contribution in [0.5, 0.6) is 0 Å². The molecule has 6 heteroatoms. The van der Waals surface area contributed by atoms with Crippen molar-refractivity contribution in [2.24, 2.45) is 0 Å². The van der Waals surface area contributed by atoms with Crippen LogP contribution in [0.2, 0.25) is 0 Å². The first kappa shape index (κ1) is 16.8. The maximum Gasteiger partial charge on any atom is 0.152 e. The Morgan fingerprint density at radius 2 is 1.29 bits per heavy atom. The fourth-order valence-electron chi connectivity index (χ4n) is 1.46. The average molecular weight is 266 g/mol. The molecule has 17 heavy (non-hydrogen) atoms. The minimum atomic E-state index is -2.66. The summed E-state index contributed by atoms with van der Waals surface area (Å²) in [6.45, 7) is 5.41. The summed E-state index contributed by atoms with van der Waals surface area (Å²) < 4.78 is 26.6. The van der Waals surface area contributed by atoms with E-state index in [2.05, 4.69) is 11.9 Å². The van der Waals surface area contributed by atoms with E-state index in [-0.39, 0.29) is 7.43 Å². The van der Waals surface area contributed by atoms with Crippen molar-refractivity contribution in [1.82, 2.24) is 9.80 Å². The zero-order valence-electron chi connectivity index (χ0n) is 10.2. The second-order valence-electron chi connectivity index (χ2n) is 4.37. The van der Waals surface area contributed by atoms with Crippen molar-refractivity contribution in [3.8, 4) is 0 Å². The first-order valence-electron chi connectivity index (χ1n) is 5.65. The third-order valence-electron chi connectivity index (χ3n) is 2.80. The van der Waals surface area contributed by atoms with Gasteiger partial charge in [0.15, 0.2) is 9.84 Å². The van der Waals surface area contributed by atoms with E-state index < -0.39 is 9.84 Å². The van der Waals surface area contributed by atoms with Crippen LogP contribution < -0.4 is 0 Å².